The summed E-state index contributed by atoms with van der Waals surface area (Å²) < 4.78 is 10.3. The summed E-state index contributed by atoms with van der Waals surface area (Å²) >= 11 is 0. The number of carbonyl (C=O) groups excluding carboxylic acids is 1. The number of methoxy groups -OCH3 is 1. The third-order valence-electron chi connectivity index (χ3n) is 4.76. The maximum Gasteiger partial charge on any atom is 0.305 e. The number of carbonyl (C=O) groups is 1. The zero-order valence-corrected chi connectivity index (χ0v) is 17.9. The van der Waals surface area contributed by atoms with Gasteiger partial charge in [0.05, 0.1) is 13.7 Å². The van der Waals surface area contributed by atoms with Gasteiger partial charge in [0.1, 0.15) is 5.75 Å². The fraction of sp³-hybridized carbons (Fsp3) is 0.667. The maximum absolute atomic E-state index is 11.3. The Bertz CT molecular complexity index is 522. The number of esters is 1. The number of nitrogens with zero attached hydrogens (tertiary/aromatic N) is 1. The van der Waals surface area contributed by atoms with Gasteiger partial charge < -0.3 is 9.47 Å². The first-order valence-corrected chi connectivity index (χ1v) is 9.57. The number of halogens is 1. The molecule has 0 aliphatic rings. The van der Waals surface area contributed by atoms with E-state index in [-0.39, 0.29) is 18.4 Å². The van der Waals surface area contributed by atoms with Crippen molar-refractivity contribution in [2.75, 3.05) is 26.8 Å². The van der Waals surface area contributed by atoms with Crippen LogP contribution >= 0.6 is 12.4 Å². The van der Waals surface area contributed by atoms with Gasteiger partial charge in [-0.25, -0.2) is 0 Å². The van der Waals surface area contributed by atoms with Crippen molar-refractivity contribution in [3.63, 3.8) is 0 Å². The lowest BCUT2D eigenvalue weighted by Crippen LogP contribution is -2.28. The van der Waals surface area contributed by atoms with Crippen LogP contribution in [-0.4, -0.2) is 37.7 Å². The minimum absolute atomic E-state index is 0. The molecule has 1 rings (SSSR count). The van der Waals surface area contributed by atoms with Gasteiger partial charge in [0.15, 0.2) is 0 Å². The molecular formula is C21H36ClNO3. The molecule has 1 unspecified atom stereocenters. The standard InChI is InChI=1S/C21H35NO3.ClH/c1-6-22(15-11-9-8-10-12-21(23)25-7-2)18(4)20-14-13-19(24-5)16-17(20)3;/h13-14,16,18H,6-12,15H2,1-5H3;1H. The molecule has 4 nitrogen and oxygen atoms in total. The Morgan fingerprint density at radius 1 is 1.15 bits per heavy atom. The highest BCUT2D eigenvalue weighted by Crippen LogP contribution is 2.26. The van der Waals surface area contributed by atoms with Crippen LogP contribution in [-0.2, 0) is 9.53 Å². The topological polar surface area (TPSA) is 38.8 Å². The smallest absolute Gasteiger partial charge is 0.305 e. The molecule has 0 aromatic heterocycles. The van der Waals surface area contributed by atoms with E-state index in [1.54, 1.807) is 7.11 Å². The summed E-state index contributed by atoms with van der Waals surface area (Å²) in [4.78, 5) is 13.8. The Morgan fingerprint density at radius 3 is 2.42 bits per heavy atom. The van der Waals surface area contributed by atoms with Crippen molar-refractivity contribution in [1.29, 1.82) is 0 Å². The molecule has 150 valence electrons. The van der Waals surface area contributed by atoms with Crippen LogP contribution in [0.5, 0.6) is 5.75 Å². The first kappa shape index (κ1) is 24.7. The second-order valence-electron chi connectivity index (χ2n) is 6.50. The molecule has 5 heteroatoms. The van der Waals surface area contributed by atoms with Crippen molar-refractivity contribution in [3.05, 3.63) is 29.3 Å². The van der Waals surface area contributed by atoms with E-state index in [9.17, 15) is 4.79 Å². The van der Waals surface area contributed by atoms with Crippen LogP contribution in [0.25, 0.3) is 0 Å². The number of hydrogen-bond acceptors (Lipinski definition) is 4. The van der Waals surface area contributed by atoms with E-state index in [2.05, 4.69) is 37.8 Å². The largest absolute Gasteiger partial charge is 0.497 e. The van der Waals surface area contributed by atoms with E-state index in [4.69, 9.17) is 9.47 Å². The average Bonchev–Trinajstić information content (AvgIpc) is 2.60. The van der Waals surface area contributed by atoms with Crippen LogP contribution in [0.1, 0.15) is 70.0 Å². The molecule has 0 amide bonds. The van der Waals surface area contributed by atoms with Gasteiger partial charge in [-0.2, -0.15) is 0 Å². The molecule has 0 bridgehead atoms. The van der Waals surface area contributed by atoms with Crippen molar-refractivity contribution < 1.29 is 14.3 Å². The van der Waals surface area contributed by atoms with E-state index in [0.717, 1.165) is 44.5 Å². The van der Waals surface area contributed by atoms with E-state index in [0.29, 0.717) is 19.1 Å². The summed E-state index contributed by atoms with van der Waals surface area (Å²) in [6.45, 7) is 11.1. The molecule has 1 atom stereocenters. The second-order valence-corrected chi connectivity index (χ2v) is 6.50. The van der Waals surface area contributed by atoms with Crippen molar-refractivity contribution >= 4 is 18.4 Å². The van der Waals surface area contributed by atoms with Gasteiger partial charge >= 0.3 is 5.97 Å². The normalized spacial score (nSPS) is 11.8. The molecule has 0 N–H and O–H groups in total. The number of unbranched alkanes of at least 4 members (excludes halogenated alkanes) is 3. The molecule has 0 spiro atoms. The van der Waals surface area contributed by atoms with Crippen LogP contribution in [0.3, 0.4) is 0 Å². The molecule has 0 fully saturated rings. The molecule has 26 heavy (non-hydrogen) atoms. The summed E-state index contributed by atoms with van der Waals surface area (Å²) in [7, 11) is 1.71. The van der Waals surface area contributed by atoms with Crippen LogP contribution in [0.4, 0.5) is 0 Å². The number of aryl methyl sites for hydroxylation is 1. The number of hydrogen-bond donors (Lipinski definition) is 0. The summed E-state index contributed by atoms with van der Waals surface area (Å²) in [5.41, 5.74) is 2.64. The Hall–Kier alpha value is -1.26. The monoisotopic (exact) mass is 385 g/mol. The molecule has 0 saturated heterocycles. The van der Waals surface area contributed by atoms with E-state index in [1.807, 2.05) is 13.0 Å². The predicted octanol–water partition coefficient (Wildman–Crippen LogP) is 5.32. The maximum atomic E-state index is 11.3. The van der Waals surface area contributed by atoms with E-state index < -0.39 is 0 Å². The first-order chi connectivity index (χ1) is 12.0. The Kier molecular flexibility index (Phi) is 13.2. The number of rotatable bonds is 12. The third kappa shape index (κ3) is 8.41. The number of ether oxygens (including phenoxy) is 2. The van der Waals surface area contributed by atoms with Crippen LogP contribution in [0, 0.1) is 6.92 Å². The Balaban J connectivity index is 0.00000625. The van der Waals surface area contributed by atoms with Gasteiger partial charge in [-0.3, -0.25) is 9.69 Å². The highest BCUT2D eigenvalue weighted by Gasteiger charge is 2.16. The Labute approximate surface area is 165 Å². The third-order valence-corrected chi connectivity index (χ3v) is 4.76. The summed E-state index contributed by atoms with van der Waals surface area (Å²) in [6.07, 6.45) is 4.89. The van der Waals surface area contributed by atoms with Crippen molar-refractivity contribution in [2.45, 2.75) is 65.8 Å². The van der Waals surface area contributed by atoms with Gasteiger partial charge in [-0.05, 0) is 70.0 Å². The fourth-order valence-electron chi connectivity index (χ4n) is 3.24. The minimum atomic E-state index is -0.0683. The number of benzene rings is 1. The summed E-state index contributed by atoms with van der Waals surface area (Å²) in [5, 5.41) is 0. The average molecular weight is 386 g/mol. The van der Waals surface area contributed by atoms with Crippen molar-refractivity contribution in [1.82, 2.24) is 4.90 Å². The van der Waals surface area contributed by atoms with E-state index >= 15 is 0 Å². The molecule has 0 aliphatic heterocycles. The lowest BCUT2D eigenvalue weighted by Gasteiger charge is -2.29. The Morgan fingerprint density at radius 2 is 1.85 bits per heavy atom. The lowest BCUT2D eigenvalue weighted by molar-refractivity contribution is -0.143. The summed E-state index contributed by atoms with van der Waals surface area (Å²) in [6, 6.07) is 6.73. The fourth-order valence-corrected chi connectivity index (χ4v) is 3.24. The van der Waals surface area contributed by atoms with E-state index in [1.165, 1.54) is 11.1 Å². The van der Waals surface area contributed by atoms with Crippen molar-refractivity contribution in [3.8, 4) is 5.75 Å². The van der Waals surface area contributed by atoms with Gasteiger partial charge in [-0.1, -0.05) is 25.8 Å². The molecular weight excluding hydrogens is 350 g/mol. The molecule has 0 saturated carbocycles. The van der Waals surface area contributed by atoms with Crippen LogP contribution in [0.2, 0.25) is 0 Å². The van der Waals surface area contributed by atoms with Crippen LogP contribution in [0.15, 0.2) is 18.2 Å². The van der Waals surface area contributed by atoms with Gasteiger partial charge in [-0.15, -0.1) is 12.4 Å². The van der Waals surface area contributed by atoms with Crippen LogP contribution < -0.4 is 4.74 Å². The van der Waals surface area contributed by atoms with Gasteiger partial charge in [0, 0.05) is 12.5 Å². The molecule has 0 aliphatic carbocycles. The minimum Gasteiger partial charge on any atom is -0.497 e. The van der Waals surface area contributed by atoms with Gasteiger partial charge in [0.25, 0.3) is 0 Å². The quantitative estimate of drug-likeness (QED) is 0.360. The summed E-state index contributed by atoms with van der Waals surface area (Å²) in [5.74, 6) is 0.847. The molecule has 0 heterocycles. The first-order valence-electron chi connectivity index (χ1n) is 9.57. The zero-order valence-electron chi connectivity index (χ0n) is 17.0. The highest BCUT2D eigenvalue weighted by molar-refractivity contribution is 5.85. The lowest BCUT2D eigenvalue weighted by atomic mass is 10.0. The molecule has 0 radical (unpaired) electrons. The van der Waals surface area contributed by atoms with Gasteiger partial charge in [0.2, 0.25) is 0 Å². The zero-order chi connectivity index (χ0) is 18.7. The molecule has 1 aromatic carbocycles. The SMILES string of the molecule is CCOC(=O)CCCCCCN(CC)C(C)c1ccc(OC)cc1C.Cl. The second kappa shape index (κ2) is 13.9. The predicted molar refractivity (Wildman–Crippen MR) is 110 cm³/mol. The highest BCUT2D eigenvalue weighted by atomic mass is 35.5. The van der Waals surface area contributed by atoms with Crippen molar-refractivity contribution in [2.24, 2.45) is 0 Å². The molecule has 1 aromatic rings.